The zero-order chi connectivity index (χ0) is 20.1. The molecule has 0 aliphatic carbocycles. The topological polar surface area (TPSA) is 127 Å². The Morgan fingerprint density at radius 1 is 1.21 bits per heavy atom. The largest absolute Gasteiger partial charge is 0.465 e. The number of aryl methyl sites for hydroxylation is 1. The van der Waals surface area contributed by atoms with Crippen molar-refractivity contribution < 1.29 is 19.1 Å². The summed E-state index contributed by atoms with van der Waals surface area (Å²) in [6, 6.07) is 5.91. The second-order valence-corrected chi connectivity index (χ2v) is 5.84. The van der Waals surface area contributed by atoms with Gasteiger partial charge in [0.15, 0.2) is 5.82 Å². The molecule has 0 unspecified atom stereocenters. The second kappa shape index (κ2) is 8.25. The number of amides is 2. The fraction of sp³-hybridized carbons (Fsp3) is 0.167. The van der Waals surface area contributed by atoms with Crippen molar-refractivity contribution in [1.29, 1.82) is 0 Å². The number of hydrogen-bond acceptors (Lipinski definition) is 5. The zero-order valence-corrected chi connectivity index (χ0v) is 14.7. The van der Waals surface area contributed by atoms with Gasteiger partial charge >= 0.3 is 6.09 Å². The molecule has 144 valence electrons. The molecule has 0 aliphatic heterocycles. The van der Waals surface area contributed by atoms with Crippen LogP contribution in [0.25, 0.3) is 11.4 Å². The van der Waals surface area contributed by atoms with Crippen molar-refractivity contribution in [3.63, 3.8) is 0 Å². The Kier molecular flexibility index (Phi) is 5.58. The van der Waals surface area contributed by atoms with Gasteiger partial charge in [0.2, 0.25) is 0 Å². The highest BCUT2D eigenvalue weighted by atomic mass is 19.1. The maximum Gasteiger partial charge on any atom is 0.411 e. The number of carbonyl (C=O) groups is 2. The lowest BCUT2D eigenvalue weighted by atomic mass is 10.1. The molecular formula is C18H17FN6O3. The van der Waals surface area contributed by atoms with Crippen LogP contribution in [0.2, 0.25) is 0 Å². The first-order valence-electron chi connectivity index (χ1n) is 8.36. The number of rotatable bonds is 7. The lowest BCUT2D eigenvalue weighted by Crippen LogP contribution is -2.31. The van der Waals surface area contributed by atoms with E-state index in [0.717, 1.165) is 4.90 Å². The smallest absolute Gasteiger partial charge is 0.411 e. The van der Waals surface area contributed by atoms with E-state index >= 15 is 0 Å². The first-order chi connectivity index (χ1) is 13.5. The second-order valence-electron chi connectivity index (χ2n) is 5.84. The number of anilines is 1. The third-order valence-electron chi connectivity index (χ3n) is 4.02. The van der Waals surface area contributed by atoms with E-state index in [1.807, 2.05) is 0 Å². The van der Waals surface area contributed by atoms with E-state index < -0.39 is 17.8 Å². The van der Waals surface area contributed by atoms with E-state index in [-0.39, 0.29) is 23.5 Å². The molecule has 28 heavy (non-hydrogen) atoms. The summed E-state index contributed by atoms with van der Waals surface area (Å²) in [5, 5.41) is 13.5. The first kappa shape index (κ1) is 19.0. The van der Waals surface area contributed by atoms with E-state index in [4.69, 9.17) is 5.73 Å². The number of halogens is 1. The Balaban J connectivity index is 1.77. The van der Waals surface area contributed by atoms with E-state index in [1.165, 1.54) is 30.6 Å². The fourth-order valence-corrected chi connectivity index (χ4v) is 2.66. The van der Waals surface area contributed by atoms with Gasteiger partial charge in [0.25, 0.3) is 5.91 Å². The van der Waals surface area contributed by atoms with Crippen LogP contribution in [0.1, 0.15) is 16.8 Å². The molecule has 9 nitrogen and oxygen atoms in total. The third-order valence-corrected chi connectivity index (χ3v) is 4.02. The van der Waals surface area contributed by atoms with Crippen LogP contribution in [0.3, 0.4) is 0 Å². The van der Waals surface area contributed by atoms with Gasteiger partial charge in [-0.3, -0.25) is 24.3 Å². The Morgan fingerprint density at radius 3 is 2.64 bits per heavy atom. The van der Waals surface area contributed by atoms with E-state index in [2.05, 4.69) is 15.1 Å². The van der Waals surface area contributed by atoms with Crippen molar-refractivity contribution in [2.45, 2.75) is 13.0 Å². The molecule has 0 atom stereocenters. The van der Waals surface area contributed by atoms with Gasteiger partial charge in [-0.2, -0.15) is 5.10 Å². The van der Waals surface area contributed by atoms with E-state index in [0.29, 0.717) is 18.7 Å². The molecule has 10 heteroatoms. The molecule has 3 rings (SSSR count). The SMILES string of the molecule is NC(=O)c1ccnc(-c2ccc(N(CCCn3cccn3)C(=O)O)cn2)c1F. The third kappa shape index (κ3) is 4.11. The van der Waals surface area contributed by atoms with Crippen LogP contribution in [0.5, 0.6) is 0 Å². The van der Waals surface area contributed by atoms with Crippen LogP contribution in [0, 0.1) is 5.82 Å². The maximum absolute atomic E-state index is 14.4. The zero-order valence-electron chi connectivity index (χ0n) is 14.7. The van der Waals surface area contributed by atoms with Crippen molar-refractivity contribution in [2.75, 3.05) is 11.4 Å². The number of nitrogens with zero attached hydrogens (tertiary/aromatic N) is 5. The van der Waals surface area contributed by atoms with Crippen LogP contribution in [-0.4, -0.2) is 43.4 Å². The number of carbonyl (C=O) groups excluding carboxylic acids is 1. The average molecular weight is 384 g/mol. The molecule has 3 aromatic heterocycles. The van der Waals surface area contributed by atoms with Crippen molar-refractivity contribution in [3.8, 4) is 11.4 Å². The highest BCUT2D eigenvalue weighted by Gasteiger charge is 2.18. The monoisotopic (exact) mass is 384 g/mol. The van der Waals surface area contributed by atoms with E-state index in [1.54, 1.807) is 23.1 Å². The molecule has 0 saturated heterocycles. The van der Waals surface area contributed by atoms with Crippen LogP contribution in [0.4, 0.5) is 14.9 Å². The standard InChI is InChI=1S/C18H17FN6O3/c19-15-13(17(20)26)5-7-21-16(15)14-4-3-12(11-22-14)25(18(27)28)10-2-9-24-8-1-6-23-24/h1,3-8,11H,2,9-10H2,(H2,20,26)(H,27,28). The molecule has 2 amide bonds. The molecule has 0 fully saturated rings. The predicted molar refractivity (Wildman–Crippen MR) is 98.2 cm³/mol. The van der Waals surface area contributed by atoms with Gasteiger partial charge in [-0.25, -0.2) is 9.18 Å². The normalized spacial score (nSPS) is 10.6. The summed E-state index contributed by atoms with van der Waals surface area (Å²) in [7, 11) is 0. The predicted octanol–water partition coefficient (Wildman–Crippen LogP) is 2.15. The Bertz CT molecular complexity index is 975. The first-order valence-corrected chi connectivity index (χ1v) is 8.36. The highest BCUT2D eigenvalue weighted by Crippen LogP contribution is 2.23. The van der Waals surface area contributed by atoms with Crippen molar-refractivity contribution in [2.24, 2.45) is 5.73 Å². The number of aromatic nitrogens is 4. The van der Waals surface area contributed by atoms with Crippen molar-refractivity contribution in [1.82, 2.24) is 19.7 Å². The number of primary amides is 1. The van der Waals surface area contributed by atoms with Crippen LogP contribution in [-0.2, 0) is 6.54 Å². The number of nitrogens with two attached hydrogens (primary N) is 1. The fourth-order valence-electron chi connectivity index (χ4n) is 2.66. The summed E-state index contributed by atoms with van der Waals surface area (Å²) in [4.78, 5) is 32.0. The average Bonchev–Trinajstić information content (AvgIpc) is 3.19. The lowest BCUT2D eigenvalue weighted by Gasteiger charge is -2.19. The minimum atomic E-state index is -1.13. The summed E-state index contributed by atoms with van der Waals surface area (Å²) < 4.78 is 16.1. The summed E-state index contributed by atoms with van der Waals surface area (Å²) in [6.45, 7) is 0.803. The van der Waals surface area contributed by atoms with Gasteiger partial charge in [0.1, 0.15) is 5.69 Å². The molecule has 0 radical (unpaired) electrons. The minimum Gasteiger partial charge on any atom is -0.465 e. The van der Waals surface area contributed by atoms with E-state index in [9.17, 15) is 19.1 Å². The minimum absolute atomic E-state index is 0.136. The molecular weight excluding hydrogens is 367 g/mol. The van der Waals surface area contributed by atoms with Gasteiger partial charge in [-0.1, -0.05) is 0 Å². The summed E-state index contributed by atoms with van der Waals surface area (Å²) >= 11 is 0. The summed E-state index contributed by atoms with van der Waals surface area (Å²) in [5.74, 6) is -1.78. The number of pyridine rings is 2. The summed E-state index contributed by atoms with van der Waals surface area (Å²) in [5.41, 5.74) is 5.20. The van der Waals surface area contributed by atoms with Gasteiger partial charge < -0.3 is 10.8 Å². The van der Waals surface area contributed by atoms with Crippen LogP contribution in [0.15, 0.2) is 49.1 Å². The molecule has 0 aromatic carbocycles. The highest BCUT2D eigenvalue weighted by molar-refractivity contribution is 5.94. The summed E-state index contributed by atoms with van der Waals surface area (Å²) in [6.07, 6.45) is 5.44. The Hall–Kier alpha value is -3.82. The molecule has 0 aliphatic rings. The molecule has 0 saturated carbocycles. The van der Waals surface area contributed by atoms with Crippen LogP contribution < -0.4 is 10.6 Å². The maximum atomic E-state index is 14.4. The Labute approximate surface area is 159 Å². The van der Waals surface area contributed by atoms with Crippen molar-refractivity contribution >= 4 is 17.7 Å². The molecule has 3 N–H and O–H groups in total. The lowest BCUT2D eigenvalue weighted by molar-refractivity contribution is 0.0996. The van der Waals surface area contributed by atoms with Crippen LogP contribution >= 0.6 is 0 Å². The number of hydrogen-bond donors (Lipinski definition) is 2. The van der Waals surface area contributed by atoms with Gasteiger partial charge in [0, 0.05) is 31.7 Å². The molecule has 0 bridgehead atoms. The Morgan fingerprint density at radius 2 is 2.04 bits per heavy atom. The molecule has 0 spiro atoms. The number of carboxylic acid groups (broad SMARTS) is 1. The van der Waals surface area contributed by atoms with Gasteiger partial charge in [-0.05, 0) is 30.7 Å². The van der Waals surface area contributed by atoms with Gasteiger partial charge in [-0.15, -0.1) is 0 Å². The molecule has 3 heterocycles. The van der Waals surface area contributed by atoms with Crippen molar-refractivity contribution in [3.05, 3.63) is 60.4 Å². The molecule has 3 aromatic rings. The quantitative estimate of drug-likeness (QED) is 0.642. The van der Waals surface area contributed by atoms with Gasteiger partial charge in [0.05, 0.1) is 23.1 Å².